The van der Waals surface area contributed by atoms with Gasteiger partial charge in [0.1, 0.15) is 11.1 Å². The van der Waals surface area contributed by atoms with Crippen LogP contribution in [0.5, 0.6) is 0 Å². The van der Waals surface area contributed by atoms with E-state index in [-0.39, 0.29) is 11.1 Å². The number of nitriles is 1. The quantitative estimate of drug-likeness (QED) is 0.570. The molecule has 2 aromatic carbocycles. The molecule has 0 aliphatic heterocycles. The average molecular weight is 301 g/mol. The average Bonchev–Trinajstić information content (AvgIpc) is 2.98. The van der Waals surface area contributed by atoms with Crippen LogP contribution in [0.3, 0.4) is 0 Å². The molecule has 4 rings (SSSR count). The Kier molecular flexibility index (Phi) is 2.95. The van der Waals surface area contributed by atoms with E-state index in [9.17, 15) is 4.79 Å². The Labute approximate surface area is 131 Å². The molecule has 23 heavy (non-hydrogen) atoms. The molecule has 0 saturated heterocycles. The van der Waals surface area contributed by atoms with Gasteiger partial charge in [-0.25, -0.2) is 4.98 Å². The normalized spacial score (nSPS) is 10.9. The highest BCUT2D eigenvalue weighted by Gasteiger charge is 2.12. The first-order chi connectivity index (χ1) is 11.3. The second-order valence-electron chi connectivity index (χ2n) is 5.26. The van der Waals surface area contributed by atoms with Crippen LogP contribution in [-0.4, -0.2) is 9.55 Å². The predicted octanol–water partition coefficient (Wildman–Crippen LogP) is 3.06. The number of rotatable bonds is 2. The third-order valence-corrected chi connectivity index (χ3v) is 3.79. The standard InChI is InChI=1S/C18H11N3O2/c19-9-12-5-7-13(8-6-12)10-21-11-20-16-14-3-1-2-4-15(14)23-17(16)18(21)22/h1-8,11H,10H2. The molecule has 4 aromatic rings. The summed E-state index contributed by atoms with van der Waals surface area (Å²) in [6.45, 7) is 0.379. The van der Waals surface area contributed by atoms with E-state index in [1.807, 2.05) is 36.4 Å². The number of nitrogens with zero attached hydrogens (tertiary/aromatic N) is 3. The van der Waals surface area contributed by atoms with Gasteiger partial charge in [-0.2, -0.15) is 5.26 Å². The number of benzene rings is 2. The molecule has 0 amide bonds. The molecule has 0 atom stereocenters. The summed E-state index contributed by atoms with van der Waals surface area (Å²) in [5, 5.41) is 9.66. The van der Waals surface area contributed by atoms with E-state index in [2.05, 4.69) is 11.1 Å². The smallest absolute Gasteiger partial charge is 0.297 e. The highest BCUT2D eigenvalue weighted by atomic mass is 16.3. The molecule has 0 unspecified atom stereocenters. The monoisotopic (exact) mass is 301 g/mol. The Morgan fingerprint density at radius 3 is 2.70 bits per heavy atom. The highest BCUT2D eigenvalue weighted by molar-refractivity contribution is 6.01. The van der Waals surface area contributed by atoms with Gasteiger partial charge < -0.3 is 4.42 Å². The number of furan rings is 1. The van der Waals surface area contributed by atoms with Gasteiger partial charge in [0.25, 0.3) is 5.56 Å². The van der Waals surface area contributed by atoms with Gasteiger partial charge >= 0.3 is 0 Å². The van der Waals surface area contributed by atoms with Crippen LogP contribution >= 0.6 is 0 Å². The molecule has 0 aliphatic carbocycles. The maximum atomic E-state index is 12.6. The van der Waals surface area contributed by atoms with Gasteiger partial charge in [-0.3, -0.25) is 9.36 Å². The van der Waals surface area contributed by atoms with Crippen LogP contribution in [0.15, 0.2) is 64.1 Å². The number of fused-ring (bicyclic) bond motifs is 3. The third kappa shape index (κ3) is 2.17. The lowest BCUT2D eigenvalue weighted by Crippen LogP contribution is -2.20. The van der Waals surface area contributed by atoms with Gasteiger partial charge in [0, 0.05) is 5.39 Å². The summed E-state index contributed by atoms with van der Waals surface area (Å²) in [4.78, 5) is 17.0. The van der Waals surface area contributed by atoms with E-state index in [1.165, 1.54) is 10.9 Å². The molecule has 2 aromatic heterocycles. The van der Waals surface area contributed by atoms with Crippen LogP contribution in [-0.2, 0) is 6.54 Å². The zero-order valence-electron chi connectivity index (χ0n) is 12.1. The number of para-hydroxylation sites is 1. The summed E-state index contributed by atoms with van der Waals surface area (Å²) < 4.78 is 7.17. The Bertz CT molecular complexity index is 1120. The minimum atomic E-state index is -0.212. The Morgan fingerprint density at radius 2 is 1.91 bits per heavy atom. The third-order valence-electron chi connectivity index (χ3n) is 3.79. The zero-order valence-corrected chi connectivity index (χ0v) is 12.1. The first-order valence-electron chi connectivity index (χ1n) is 7.12. The van der Waals surface area contributed by atoms with Crippen molar-refractivity contribution in [3.05, 3.63) is 76.3 Å². The highest BCUT2D eigenvalue weighted by Crippen LogP contribution is 2.24. The molecular weight excluding hydrogens is 290 g/mol. The summed E-state index contributed by atoms with van der Waals surface area (Å²) in [6.07, 6.45) is 1.53. The molecule has 5 nitrogen and oxygen atoms in total. The summed E-state index contributed by atoms with van der Waals surface area (Å²) in [5.41, 5.74) is 2.80. The van der Waals surface area contributed by atoms with Crippen molar-refractivity contribution in [2.45, 2.75) is 6.54 Å². The van der Waals surface area contributed by atoms with Gasteiger partial charge in [-0.15, -0.1) is 0 Å². The first-order valence-corrected chi connectivity index (χ1v) is 7.12. The lowest BCUT2D eigenvalue weighted by Gasteiger charge is -2.04. The van der Waals surface area contributed by atoms with E-state index in [4.69, 9.17) is 9.68 Å². The molecule has 5 heteroatoms. The number of hydrogen-bond acceptors (Lipinski definition) is 4. The summed E-state index contributed by atoms with van der Waals surface area (Å²) in [7, 11) is 0. The van der Waals surface area contributed by atoms with Crippen molar-refractivity contribution in [3.63, 3.8) is 0 Å². The van der Waals surface area contributed by atoms with Crippen molar-refractivity contribution in [1.29, 1.82) is 5.26 Å². The molecule has 2 heterocycles. The first kappa shape index (κ1) is 13.3. The van der Waals surface area contributed by atoms with Crippen LogP contribution < -0.4 is 5.56 Å². The van der Waals surface area contributed by atoms with E-state index >= 15 is 0 Å². The van der Waals surface area contributed by atoms with Gasteiger partial charge in [0.05, 0.1) is 24.5 Å². The lowest BCUT2D eigenvalue weighted by atomic mass is 10.1. The van der Waals surface area contributed by atoms with Crippen molar-refractivity contribution in [2.75, 3.05) is 0 Å². The summed E-state index contributed by atoms with van der Waals surface area (Å²) in [5.74, 6) is 0. The maximum Gasteiger partial charge on any atom is 0.297 e. The van der Waals surface area contributed by atoms with Crippen molar-refractivity contribution in [3.8, 4) is 6.07 Å². The van der Waals surface area contributed by atoms with Gasteiger partial charge in [0.15, 0.2) is 0 Å². The van der Waals surface area contributed by atoms with E-state index in [1.54, 1.807) is 12.1 Å². The van der Waals surface area contributed by atoms with E-state index < -0.39 is 0 Å². The van der Waals surface area contributed by atoms with Gasteiger partial charge in [-0.1, -0.05) is 24.3 Å². The van der Waals surface area contributed by atoms with Crippen LogP contribution in [0, 0.1) is 11.3 Å². The maximum absolute atomic E-state index is 12.6. The number of hydrogen-bond donors (Lipinski definition) is 0. The molecule has 0 N–H and O–H groups in total. The molecular formula is C18H11N3O2. The topological polar surface area (TPSA) is 71.8 Å². The largest absolute Gasteiger partial charge is 0.448 e. The fraction of sp³-hybridized carbons (Fsp3) is 0.0556. The van der Waals surface area contributed by atoms with Crippen molar-refractivity contribution >= 4 is 22.1 Å². The van der Waals surface area contributed by atoms with E-state index in [0.717, 1.165) is 10.9 Å². The van der Waals surface area contributed by atoms with Crippen LogP contribution in [0.25, 0.3) is 22.1 Å². The van der Waals surface area contributed by atoms with Crippen LogP contribution in [0.1, 0.15) is 11.1 Å². The second-order valence-corrected chi connectivity index (χ2v) is 5.26. The van der Waals surface area contributed by atoms with Crippen LogP contribution in [0.4, 0.5) is 0 Å². The zero-order chi connectivity index (χ0) is 15.8. The van der Waals surface area contributed by atoms with Gasteiger partial charge in [0.2, 0.25) is 5.58 Å². The molecule has 0 fully saturated rings. The SMILES string of the molecule is N#Cc1ccc(Cn2cnc3c(oc4ccccc43)c2=O)cc1. The lowest BCUT2D eigenvalue weighted by molar-refractivity contribution is 0.642. The molecule has 0 spiro atoms. The fourth-order valence-electron chi connectivity index (χ4n) is 2.61. The molecule has 0 radical (unpaired) electrons. The number of aromatic nitrogens is 2. The summed E-state index contributed by atoms with van der Waals surface area (Å²) in [6, 6.07) is 16.6. The Hall–Kier alpha value is -3.39. The fourth-order valence-corrected chi connectivity index (χ4v) is 2.61. The van der Waals surface area contributed by atoms with Crippen LogP contribution in [0.2, 0.25) is 0 Å². The minimum Gasteiger partial charge on any atom is -0.448 e. The molecule has 0 bridgehead atoms. The molecule has 0 saturated carbocycles. The Balaban J connectivity index is 1.81. The second kappa shape index (κ2) is 5.11. The summed E-state index contributed by atoms with van der Waals surface area (Å²) >= 11 is 0. The molecule has 110 valence electrons. The van der Waals surface area contributed by atoms with Crippen molar-refractivity contribution in [2.24, 2.45) is 0 Å². The van der Waals surface area contributed by atoms with E-state index in [0.29, 0.717) is 23.2 Å². The van der Waals surface area contributed by atoms with Gasteiger partial charge in [-0.05, 0) is 29.8 Å². The minimum absolute atomic E-state index is 0.212. The Morgan fingerprint density at radius 1 is 1.13 bits per heavy atom. The van der Waals surface area contributed by atoms with Crippen molar-refractivity contribution in [1.82, 2.24) is 9.55 Å². The van der Waals surface area contributed by atoms with Crippen molar-refractivity contribution < 1.29 is 4.42 Å². The predicted molar refractivity (Wildman–Crippen MR) is 86.0 cm³/mol. The molecule has 0 aliphatic rings.